The summed E-state index contributed by atoms with van der Waals surface area (Å²) >= 11 is 0. The van der Waals surface area contributed by atoms with Crippen molar-refractivity contribution in [3.05, 3.63) is 33.7 Å². The molecule has 0 radical (unpaired) electrons. The van der Waals surface area contributed by atoms with Crippen molar-refractivity contribution in [2.45, 2.75) is 39.2 Å². The van der Waals surface area contributed by atoms with Crippen LogP contribution in [-0.4, -0.2) is 28.0 Å². The van der Waals surface area contributed by atoms with Crippen LogP contribution >= 0.6 is 0 Å². The third-order valence-corrected chi connectivity index (χ3v) is 2.62. The highest BCUT2D eigenvalue weighted by Gasteiger charge is 2.16. The van der Waals surface area contributed by atoms with Gasteiger partial charge in [-0.05, 0) is 13.3 Å². The molecule has 0 saturated carbocycles. The number of aryl methyl sites for hydroxylation is 1. The first-order valence-corrected chi connectivity index (χ1v) is 6.16. The summed E-state index contributed by atoms with van der Waals surface area (Å²) in [7, 11) is 0. The van der Waals surface area contributed by atoms with Gasteiger partial charge in [0.2, 0.25) is 0 Å². The fraction of sp³-hybridized carbons (Fsp3) is 0.462. The summed E-state index contributed by atoms with van der Waals surface area (Å²) in [6, 6.07) is 2.16. The van der Waals surface area contributed by atoms with E-state index in [1.165, 1.54) is 12.1 Å². The fourth-order valence-corrected chi connectivity index (χ4v) is 1.85. The molecule has 104 valence electrons. The van der Waals surface area contributed by atoms with E-state index >= 15 is 0 Å². The summed E-state index contributed by atoms with van der Waals surface area (Å²) in [6.45, 7) is 3.59. The minimum absolute atomic E-state index is 0.129. The van der Waals surface area contributed by atoms with Crippen molar-refractivity contribution < 1.29 is 14.7 Å². The lowest BCUT2D eigenvalue weighted by Gasteiger charge is -2.16. The Morgan fingerprint density at radius 3 is 2.63 bits per heavy atom. The molecule has 1 aromatic heterocycles. The smallest absolute Gasteiger partial charge is 0.305 e. The number of pyridine rings is 1. The molecule has 0 saturated heterocycles. The zero-order valence-corrected chi connectivity index (χ0v) is 11.0. The van der Waals surface area contributed by atoms with Gasteiger partial charge in [0.25, 0.3) is 5.91 Å². The van der Waals surface area contributed by atoms with Crippen molar-refractivity contribution in [3.63, 3.8) is 0 Å². The molecule has 1 atom stereocenters. The Kier molecular flexibility index (Phi) is 5.29. The van der Waals surface area contributed by atoms with Crippen molar-refractivity contribution in [1.82, 2.24) is 10.3 Å². The number of hydrogen-bond acceptors (Lipinski definition) is 3. The normalized spacial score (nSPS) is 11.9. The van der Waals surface area contributed by atoms with Crippen LogP contribution < -0.4 is 10.7 Å². The second kappa shape index (κ2) is 6.72. The van der Waals surface area contributed by atoms with E-state index in [0.29, 0.717) is 12.1 Å². The molecule has 1 aromatic rings. The maximum Gasteiger partial charge on any atom is 0.305 e. The van der Waals surface area contributed by atoms with Crippen molar-refractivity contribution in [2.75, 3.05) is 0 Å². The summed E-state index contributed by atoms with van der Waals surface area (Å²) in [6.07, 6.45) is 1.21. The number of H-pyrrole nitrogens is 1. The molecule has 0 unspecified atom stereocenters. The summed E-state index contributed by atoms with van der Waals surface area (Å²) in [4.78, 5) is 36.7. The van der Waals surface area contributed by atoms with Gasteiger partial charge in [-0.1, -0.05) is 13.3 Å². The molecule has 6 heteroatoms. The van der Waals surface area contributed by atoms with Crippen molar-refractivity contribution in [1.29, 1.82) is 0 Å². The molecule has 19 heavy (non-hydrogen) atoms. The predicted octanol–water partition coefficient (Wildman–Crippen LogP) is 1.06. The first kappa shape index (κ1) is 14.9. The quantitative estimate of drug-likeness (QED) is 0.716. The maximum absolute atomic E-state index is 11.9. The standard InChI is InChI=1S/C13H18N2O4/c1-3-4-9(6-12(17)18)15-13(19)11-7-10(16)5-8(2)14-11/h5,7,9H,3-4,6H2,1-2H3,(H,14,16)(H,15,19)(H,17,18)/t9-/m0/s1. The number of nitrogens with one attached hydrogen (secondary N) is 2. The number of aromatic amines is 1. The molecule has 0 aliphatic carbocycles. The molecule has 1 rings (SSSR count). The van der Waals surface area contributed by atoms with Gasteiger partial charge < -0.3 is 15.4 Å². The number of aromatic nitrogens is 1. The van der Waals surface area contributed by atoms with Crippen molar-refractivity contribution >= 4 is 11.9 Å². The van der Waals surface area contributed by atoms with E-state index in [2.05, 4.69) is 10.3 Å². The topological polar surface area (TPSA) is 99.3 Å². The van der Waals surface area contributed by atoms with Crippen LogP contribution in [0.3, 0.4) is 0 Å². The predicted molar refractivity (Wildman–Crippen MR) is 70.2 cm³/mol. The van der Waals surface area contributed by atoms with Crippen LogP contribution in [0.25, 0.3) is 0 Å². The highest BCUT2D eigenvalue weighted by Crippen LogP contribution is 2.04. The second-order valence-corrected chi connectivity index (χ2v) is 4.47. The van der Waals surface area contributed by atoms with E-state index < -0.39 is 17.9 Å². The molecule has 0 bridgehead atoms. The zero-order chi connectivity index (χ0) is 14.4. The largest absolute Gasteiger partial charge is 0.481 e. The zero-order valence-electron chi connectivity index (χ0n) is 11.0. The summed E-state index contributed by atoms with van der Waals surface area (Å²) in [5, 5.41) is 11.4. The Morgan fingerprint density at radius 1 is 1.42 bits per heavy atom. The number of carboxylic acids is 1. The van der Waals surface area contributed by atoms with E-state index in [4.69, 9.17) is 5.11 Å². The molecule has 0 aliphatic rings. The first-order chi connectivity index (χ1) is 8.92. The maximum atomic E-state index is 11.9. The molecule has 1 heterocycles. The Hall–Kier alpha value is -2.11. The average Bonchev–Trinajstić information content (AvgIpc) is 2.26. The average molecular weight is 266 g/mol. The lowest BCUT2D eigenvalue weighted by Crippen LogP contribution is -2.37. The Bertz CT molecular complexity index is 522. The number of carbonyl (C=O) groups is 2. The Balaban J connectivity index is 2.80. The SMILES string of the molecule is CCC[C@@H](CC(=O)O)NC(=O)c1cc(=O)cc(C)[nH]1. The molecule has 6 nitrogen and oxygen atoms in total. The van der Waals surface area contributed by atoms with Crippen LogP contribution in [0.5, 0.6) is 0 Å². The van der Waals surface area contributed by atoms with E-state index in [-0.39, 0.29) is 17.5 Å². The van der Waals surface area contributed by atoms with Crippen LogP contribution in [0.4, 0.5) is 0 Å². The number of carboxylic acid groups (broad SMARTS) is 1. The molecule has 0 fully saturated rings. The molecular formula is C13H18N2O4. The molecule has 1 amide bonds. The minimum Gasteiger partial charge on any atom is -0.481 e. The molecule has 0 aromatic carbocycles. The van der Waals surface area contributed by atoms with Crippen LogP contribution in [0.15, 0.2) is 16.9 Å². The van der Waals surface area contributed by atoms with Crippen molar-refractivity contribution in [3.8, 4) is 0 Å². The summed E-state index contributed by atoms with van der Waals surface area (Å²) in [5.41, 5.74) is 0.478. The Labute approximate surface area is 110 Å². The first-order valence-electron chi connectivity index (χ1n) is 6.16. The Morgan fingerprint density at radius 2 is 2.11 bits per heavy atom. The number of carbonyl (C=O) groups excluding carboxylic acids is 1. The number of hydrogen-bond donors (Lipinski definition) is 3. The van der Waals surface area contributed by atoms with Crippen molar-refractivity contribution in [2.24, 2.45) is 0 Å². The van der Waals surface area contributed by atoms with Crippen LogP contribution in [0, 0.1) is 6.92 Å². The van der Waals surface area contributed by atoms with Gasteiger partial charge in [0, 0.05) is 23.9 Å². The van der Waals surface area contributed by atoms with Gasteiger partial charge in [0.1, 0.15) is 5.69 Å². The van der Waals surface area contributed by atoms with E-state index in [0.717, 1.165) is 6.42 Å². The monoisotopic (exact) mass is 266 g/mol. The third-order valence-electron chi connectivity index (χ3n) is 2.62. The fourth-order valence-electron chi connectivity index (χ4n) is 1.85. The minimum atomic E-state index is -0.962. The van der Waals surface area contributed by atoms with Gasteiger partial charge in [-0.15, -0.1) is 0 Å². The molecule has 0 aliphatic heterocycles. The van der Waals surface area contributed by atoms with Gasteiger partial charge in [-0.25, -0.2) is 0 Å². The van der Waals surface area contributed by atoms with Crippen LogP contribution in [0.2, 0.25) is 0 Å². The van der Waals surface area contributed by atoms with Gasteiger partial charge in [-0.3, -0.25) is 14.4 Å². The molecule has 3 N–H and O–H groups in total. The summed E-state index contributed by atoms with van der Waals surface area (Å²) in [5.74, 6) is -1.42. The van der Waals surface area contributed by atoms with E-state index in [9.17, 15) is 14.4 Å². The number of rotatable bonds is 6. The number of amides is 1. The molecule has 0 spiro atoms. The highest BCUT2D eigenvalue weighted by atomic mass is 16.4. The molecular weight excluding hydrogens is 248 g/mol. The van der Waals surface area contributed by atoms with E-state index in [1.54, 1.807) is 6.92 Å². The van der Waals surface area contributed by atoms with Gasteiger partial charge in [0.15, 0.2) is 5.43 Å². The lowest BCUT2D eigenvalue weighted by atomic mass is 10.1. The third kappa shape index (κ3) is 4.95. The van der Waals surface area contributed by atoms with Gasteiger partial charge in [0.05, 0.1) is 6.42 Å². The lowest BCUT2D eigenvalue weighted by molar-refractivity contribution is -0.137. The van der Waals surface area contributed by atoms with Gasteiger partial charge in [-0.2, -0.15) is 0 Å². The van der Waals surface area contributed by atoms with Crippen LogP contribution in [0.1, 0.15) is 42.4 Å². The second-order valence-electron chi connectivity index (χ2n) is 4.47. The van der Waals surface area contributed by atoms with Gasteiger partial charge >= 0.3 is 5.97 Å². The van der Waals surface area contributed by atoms with E-state index in [1.807, 2.05) is 6.92 Å². The summed E-state index contributed by atoms with van der Waals surface area (Å²) < 4.78 is 0. The highest BCUT2D eigenvalue weighted by molar-refractivity contribution is 5.92. The van der Waals surface area contributed by atoms with Crippen LogP contribution in [-0.2, 0) is 4.79 Å². The number of aliphatic carboxylic acids is 1.